The van der Waals surface area contributed by atoms with E-state index in [2.05, 4.69) is 0 Å². The number of carboxylic acids is 1. The summed E-state index contributed by atoms with van der Waals surface area (Å²) >= 11 is 0. The molecule has 1 saturated carbocycles. The van der Waals surface area contributed by atoms with E-state index in [0.717, 1.165) is 17.7 Å². The average Bonchev–Trinajstić information content (AvgIpc) is 3.26. The topological polar surface area (TPSA) is 66.8 Å². The van der Waals surface area contributed by atoms with Crippen molar-refractivity contribution in [1.29, 1.82) is 0 Å². The molecule has 1 unspecified atom stereocenters. The maximum Gasteiger partial charge on any atom is 0.406 e. The lowest BCUT2D eigenvalue weighted by atomic mass is 9.86. The number of alkyl halides is 3. The molecule has 3 rings (SSSR count). The van der Waals surface area contributed by atoms with Crippen LogP contribution in [0.2, 0.25) is 0 Å². The van der Waals surface area contributed by atoms with Crippen LogP contribution in [0.3, 0.4) is 0 Å². The molecule has 1 heterocycles. The maximum atomic E-state index is 13.2. The van der Waals surface area contributed by atoms with Gasteiger partial charge >= 0.3 is 12.1 Å². The number of aliphatic carboxylic acids is 1. The number of carbonyl (C=O) groups is 2. The Morgan fingerprint density at radius 1 is 1.24 bits per heavy atom. The van der Waals surface area contributed by atoms with Crippen LogP contribution in [0, 0.1) is 11.3 Å². The fraction of sp³-hybridized carbons (Fsp3) is 0.529. The third-order valence-electron chi connectivity index (χ3n) is 4.79. The van der Waals surface area contributed by atoms with Gasteiger partial charge in [0.2, 0.25) is 0 Å². The van der Waals surface area contributed by atoms with E-state index < -0.39 is 36.4 Å². The molecule has 1 atom stereocenters. The highest BCUT2D eigenvalue weighted by molar-refractivity contribution is 5.95. The largest absolute Gasteiger partial charge is 0.493 e. The highest BCUT2D eigenvalue weighted by Gasteiger charge is 2.64. The Balaban J connectivity index is 1.67. The molecule has 1 saturated heterocycles. The number of halogens is 3. The second-order valence-electron chi connectivity index (χ2n) is 6.64. The lowest BCUT2D eigenvalue weighted by Crippen LogP contribution is -2.47. The van der Waals surface area contributed by atoms with Crippen molar-refractivity contribution < 1.29 is 32.6 Å². The standard InChI is InChI=1S/C17H18F3NO4/c18-17(19,20)16(15(23)24)7-8-21(10-16)14(22)12-3-5-13(6-4-12)25-9-11-1-2-11/h3-6,11H,1-2,7-10H2,(H,23,24). The van der Waals surface area contributed by atoms with Gasteiger partial charge in [-0.25, -0.2) is 0 Å². The molecule has 25 heavy (non-hydrogen) atoms. The predicted octanol–water partition coefficient (Wildman–Crippen LogP) is 2.95. The van der Waals surface area contributed by atoms with Crippen LogP contribution in [0.25, 0.3) is 0 Å². The minimum atomic E-state index is -4.91. The summed E-state index contributed by atoms with van der Waals surface area (Å²) in [5.74, 6) is -1.38. The molecule has 1 aromatic rings. The summed E-state index contributed by atoms with van der Waals surface area (Å²) in [7, 11) is 0. The lowest BCUT2D eigenvalue weighted by molar-refractivity contribution is -0.227. The van der Waals surface area contributed by atoms with Crippen LogP contribution in [0.5, 0.6) is 5.75 Å². The maximum absolute atomic E-state index is 13.2. The summed E-state index contributed by atoms with van der Waals surface area (Å²) in [4.78, 5) is 24.5. The van der Waals surface area contributed by atoms with E-state index in [-0.39, 0.29) is 12.1 Å². The number of ether oxygens (including phenoxy) is 1. The quantitative estimate of drug-likeness (QED) is 0.880. The summed E-state index contributed by atoms with van der Waals surface area (Å²) < 4.78 is 45.1. The first-order valence-corrected chi connectivity index (χ1v) is 8.05. The SMILES string of the molecule is O=C(c1ccc(OCC2CC2)cc1)N1CCC(C(=O)O)(C(F)(F)F)C1. The van der Waals surface area contributed by atoms with Crippen LogP contribution >= 0.6 is 0 Å². The molecular weight excluding hydrogens is 339 g/mol. The fourth-order valence-corrected chi connectivity index (χ4v) is 2.89. The van der Waals surface area contributed by atoms with Gasteiger partial charge in [-0.2, -0.15) is 13.2 Å². The molecule has 8 heteroatoms. The van der Waals surface area contributed by atoms with Gasteiger partial charge < -0.3 is 14.7 Å². The van der Waals surface area contributed by atoms with E-state index in [1.54, 1.807) is 12.1 Å². The second kappa shape index (κ2) is 6.24. The van der Waals surface area contributed by atoms with Gasteiger partial charge in [0.15, 0.2) is 5.41 Å². The van der Waals surface area contributed by atoms with Gasteiger partial charge in [-0.05, 0) is 49.4 Å². The smallest absolute Gasteiger partial charge is 0.406 e. The first kappa shape index (κ1) is 17.6. The van der Waals surface area contributed by atoms with Crippen molar-refractivity contribution in [2.45, 2.75) is 25.4 Å². The number of carbonyl (C=O) groups excluding carboxylic acids is 1. The number of hydrogen-bond acceptors (Lipinski definition) is 3. The molecule has 136 valence electrons. The van der Waals surface area contributed by atoms with E-state index in [1.165, 1.54) is 12.1 Å². The molecular formula is C17H18F3NO4. The van der Waals surface area contributed by atoms with Crippen molar-refractivity contribution in [3.63, 3.8) is 0 Å². The number of benzene rings is 1. The van der Waals surface area contributed by atoms with Gasteiger partial charge in [-0.1, -0.05) is 0 Å². The highest BCUT2D eigenvalue weighted by Crippen LogP contribution is 2.46. The molecule has 0 aromatic heterocycles. The molecule has 1 aliphatic heterocycles. The molecule has 2 aliphatic rings. The summed E-state index contributed by atoms with van der Waals surface area (Å²) in [5, 5.41) is 9.04. The zero-order valence-electron chi connectivity index (χ0n) is 13.4. The Bertz CT molecular complexity index is 669. The number of amides is 1. The Kier molecular flexibility index (Phi) is 4.38. The van der Waals surface area contributed by atoms with Crippen molar-refractivity contribution >= 4 is 11.9 Å². The van der Waals surface area contributed by atoms with E-state index in [0.29, 0.717) is 18.3 Å². The summed E-state index contributed by atoms with van der Waals surface area (Å²) in [5.41, 5.74) is -2.68. The van der Waals surface area contributed by atoms with E-state index >= 15 is 0 Å². The number of hydrogen-bond donors (Lipinski definition) is 1. The van der Waals surface area contributed by atoms with Gasteiger partial charge in [-0.3, -0.25) is 9.59 Å². The van der Waals surface area contributed by atoms with Crippen LogP contribution in [-0.4, -0.2) is 47.8 Å². The molecule has 1 amide bonds. The van der Waals surface area contributed by atoms with Crippen molar-refractivity contribution in [2.24, 2.45) is 11.3 Å². The first-order chi connectivity index (χ1) is 11.7. The Hall–Kier alpha value is -2.25. The van der Waals surface area contributed by atoms with Crippen molar-refractivity contribution in [1.82, 2.24) is 4.90 Å². The number of carboxylic acid groups (broad SMARTS) is 1. The van der Waals surface area contributed by atoms with Crippen LogP contribution in [-0.2, 0) is 4.79 Å². The average molecular weight is 357 g/mol. The summed E-state index contributed by atoms with van der Waals surface area (Å²) in [6.45, 7) is -0.499. The second-order valence-corrected chi connectivity index (χ2v) is 6.64. The van der Waals surface area contributed by atoms with Crippen LogP contribution in [0.1, 0.15) is 29.6 Å². The summed E-state index contributed by atoms with van der Waals surface area (Å²) in [6, 6.07) is 6.16. The van der Waals surface area contributed by atoms with Crippen LogP contribution in [0.15, 0.2) is 24.3 Å². The normalized spacial score (nSPS) is 23.6. The predicted molar refractivity (Wildman–Crippen MR) is 81.3 cm³/mol. The van der Waals surface area contributed by atoms with Crippen molar-refractivity contribution in [3.05, 3.63) is 29.8 Å². The highest BCUT2D eigenvalue weighted by atomic mass is 19.4. The zero-order valence-corrected chi connectivity index (χ0v) is 13.4. The van der Waals surface area contributed by atoms with Gasteiger partial charge in [-0.15, -0.1) is 0 Å². The van der Waals surface area contributed by atoms with Crippen molar-refractivity contribution in [3.8, 4) is 5.75 Å². The van der Waals surface area contributed by atoms with Crippen LogP contribution in [0.4, 0.5) is 13.2 Å². The fourth-order valence-electron chi connectivity index (χ4n) is 2.89. The molecule has 0 radical (unpaired) electrons. The Morgan fingerprint density at radius 2 is 1.88 bits per heavy atom. The minimum Gasteiger partial charge on any atom is -0.493 e. The molecule has 1 N–H and O–H groups in total. The van der Waals surface area contributed by atoms with Gasteiger partial charge in [0.1, 0.15) is 5.75 Å². The molecule has 0 spiro atoms. The minimum absolute atomic E-state index is 0.210. The van der Waals surface area contributed by atoms with Crippen LogP contribution < -0.4 is 4.74 Å². The molecule has 1 aliphatic carbocycles. The van der Waals surface area contributed by atoms with E-state index in [9.17, 15) is 22.8 Å². The van der Waals surface area contributed by atoms with Gasteiger partial charge in [0, 0.05) is 18.7 Å². The monoisotopic (exact) mass is 357 g/mol. The van der Waals surface area contributed by atoms with Crippen molar-refractivity contribution in [2.75, 3.05) is 19.7 Å². The zero-order chi connectivity index (χ0) is 18.2. The lowest BCUT2D eigenvalue weighted by Gasteiger charge is -2.27. The molecule has 2 fully saturated rings. The third-order valence-corrected chi connectivity index (χ3v) is 4.79. The van der Waals surface area contributed by atoms with E-state index in [4.69, 9.17) is 9.84 Å². The molecule has 1 aromatic carbocycles. The number of rotatable bonds is 5. The van der Waals surface area contributed by atoms with Gasteiger partial charge in [0.05, 0.1) is 6.61 Å². The molecule has 0 bridgehead atoms. The Labute approximate surface area is 142 Å². The number of nitrogens with zero attached hydrogens (tertiary/aromatic N) is 1. The first-order valence-electron chi connectivity index (χ1n) is 8.05. The third kappa shape index (κ3) is 3.43. The van der Waals surface area contributed by atoms with Gasteiger partial charge in [0.25, 0.3) is 5.91 Å². The van der Waals surface area contributed by atoms with E-state index in [1.807, 2.05) is 0 Å². The molecule has 5 nitrogen and oxygen atoms in total. The summed E-state index contributed by atoms with van der Waals surface area (Å²) in [6.07, 6.45) is -3.25. The Morgan fingerprint density at radius 3 is 2.36 bits per heavy atom. The number of likely N-dealkylation sites (tertiary alicyclic amines) is 1.